The highest BCUT2D eigenvalue weighted by atomic mass is 16.4. The van der Waals surface area contributed by atoms with Gasteiger partial charge in [-0.2, -0.15) is 0 Å². The highest BCUT2D eigenvalue weighted by Gasteiger charge is 2.32. The maximum atomic E-state index is 13.2. The summed E-state index contributed by atoms with van der Waals surface area (Å²) in [6.07, 6.45) is 1.10. The Hall–Kier alpha value is -4.19. The van der Waals surface area contributed by atoms with Gasteiger partial charge in [-0.1, -0.05) is 61.2 Å². The zero-order chi connectivity index (χ0) is 22.7. The second-order valence-corrected chi connectivity index (χ2v) is 7.57. The average Bonchev–Trinajstić information content (AvgIpc) is 3.26. The Morgan fingerprint density at radius 2 is 1.47 bits per heavy atom. The van der Waals surface area contributed by atoms with E-state index in [1.54, 1.807) is 11.1 Å². The first-order chi connectivity index (χ1) is 15.5. The summed E-state index contributed by atoms with van der Waals surface area (Å²) >= 11 is 0. The standard InChI is InChI=1S/C26H22N2O4/c1-17(20-15-16-22-21(20)13-8-14-23(22)24(29)26(31)32)25(30)27-28(18-9-4-2-5-10-18)19-11-6-3-7-12-19/h2-14,20H,1,15-16H2,(H,27,30)(H,31,32). The molecule has 3 aromatic carbocycles. The third-order valence-corrected chi connectivity index (χ3v) is 5.66. The number of nitrogens with one attached hydrogen (secondary N) is 1. The number of carbonyl (C=O) groups is 3. The Bertz CT molecular complexity index is 1150. The number of hydrazine groups is 1. The number of nitrogens with zero attached hydrogens (tertiary/aromatic N) is 1. The SMILES string of the molecule is C=C(C(=O)NN(c1ccccc1)c1ccccc1)C1CCc2c(C(=O)C(=O)O)cccc21. The Labute approximate surface area is 185 Å². The highest BCUT2D eigenvalue weighted by molar-refractivity contribution is 6.40. The van der Waals surface area contributed by atoms with Crippen molar-refractivity contribution in [1.82, 2.24) is 5.43 Å². The topological polar surface area (TPSA) is 86.7 Å². The summed E-state index contributed by atoms with van der Waals surface area (Å²) < 4.78 is 0. The monoisotopic (exact) mass is 426 g/mol. The van der Waals surface area contributed by atoms with E-state index in [0.29, 0.717) is 24.0 Å². The van der Waals surface area contributed by atoms with Crippen molar-refractivity contribution in [3.05, 3.63) is 108 Å². The number of rotatable bonds is 7. The summed E-state index contributed by atoms with van der Waals surface area (Å²) in [4.78, 5) is 36.5. The van der Waals surface area contributed by atoms with Gasteiger partial charge in [0.15, 0.2) is 0 Å². The van der Waals surface area contributed by atoms with Crippen LogP contribution in [0.5, 0.6) is 0 Å². The van der Waals surface area contributed by atoms with E-state index < -0.39 is 11.8 Å². The molecule has 0 bridgehead atoms. The van der Waals surface area contributed by atoms with Gasteiger partial charge in [-0.25, -0.2) is 4.79 Å². The maximum absolute atomic E-state index is 13.2. The number of hydrogen-bond acceptors (Lipinski definition) is 4. The van der Waals surface area contributed by atoms with Crippen molar-refractivity contribution >= 4 is 29.0 Å². The van der Waals surface area contributed by atoms with Crippen molar-refractivity contribution in [2.75, 3.05) is 5.01 Å². The number of Topliss-reactive ketones (excluding diaryl/α,β-unsaturated/α-hetero) is 1. The molecule has 0 fully saturated rings. The van der Waals surface area contributed by atoms with Crippen LogP contribution >= 0.6 is 0 Å². The molecule has 0 aliphatic heterocycles. The van der Waals surface area contributed by atoms with Gasteiger partial charge in [0, 0.05) is 17.1 Å². The van der Waals surface area contributed by atoms with Gasteiger partial charge >= 0.3 is 5.97 Å². The molecule has 0 saturated heterocycles. The minimum atomic E-state index is -1.49. The smallest absolute Gasteiger partial charge is 0.377 e. The van der Waals surface area contributed by atoms with Crippen molar-refractivity contribution in [3.8, 4) is 0 Å². The van der Waals surface area contributed by atoms with E-state index in [-0.39, 0.29) is 17.4 Å². The molecule has 0 radical (unpaired) electrons. The zero-order valence-corrected chi connectivity index (χ0v) is 17.3. The number of hydrogen-bond donors (Lipinski definition) is 2. The zero-order valence-electron chi connectivity index (χ0n) is 17.3. The molecule has 160 valence electrons. The molecule has 1 aliphatic carbocycles. The van der Waals surface area contributed by atoms with Crippen LogP contribution in [0.25, 0.3) is 0 Å². The molecular weight excluding hydrogens is 404 g/mol. The number of anilines is 2. The van der Waals surface area contributed by atoms with E-state index in [0.717, 1.165) is 16.9 Å². The normalized spacial score (nSPS) is 14.3. The number of benzene rings is 3. The van der Waals surface area contributed by atoms with Crippen LogP contribution in [0.2, 0.25) is 0 Å². The van der Waals surface area contributed by atoms with Crippen LogP contribution in [0.15, 0.2) is 91.0 Å². The quantitative estimate of drug-likeness (QED) is 0.253. The van der Waals surface area contributed by atoms with E-state index in [2.05, 4.69) is 12.0 Å². The lowest BCUT2D eigenvalue weighted by atomic mass is 9.91. The molecule has 3 aromatic rings. The fraction of sp³-hybridized carbons (Fsp3) is 0.115. The number of carbonyl (C=O) groups excluding carboxylic acids is 2. The Morgan fingerprint density at radius 1 is 0.875 bits per heavy atom. The van der Waals surface area contributed by atoms with Gasteiger partial charge in [-0.15, -0.1) is 0 Å². The van der Waals surface area contributed by atoms with Gasteiger partial charge in [0.2, 0.25) is 0 Å². The van der Waals surface area contributed by atoms with Gasteiger partial charge < -0.3 is 5.11 Å². The van der Waals surface area contributed by atoms with Crippen molar-refractivity contribution in [3.63, 3.8) is 0 Å². The molecular formula is C26H22N2O4. The predicted octanol–water partition coefficient (Wildman–Crippen LogP) is 4.41. The van der Waals surface area contributed by atoms with Gasteiger partial charge in [0.1, 0.15) is 0 Å². The van der Waals surface area contributed by atoms with Gasteiger partial charge in [0.05, 0.1) is 11.4 Å². The van der Waals surface area contributed by atoms with E-state index in [1.165, 1.54) is 6.07 Å². The number of carboxylic acid groups (broad SMARTS) is 1. The van der Waals surface area contributed by atoms with E-state index in [4.69, 9.17) is 5.11 Å². The number of ketones is 1. The Morgan fingerprint density at radius 3 is 2.03 bits per heavy atom. The number of carboxylic acids is 1. The lowest BCUT2D eigenvalue weighted by molar-refractivity contribution is -0.131. The second kappa shape index (κ2) is 8.89. The number of amides is 1. The summed E-state index contributed by atoms with van der Waals surface area (Å²) in [6.45, 7) is 4.05. The minimum absolute atomic E-state index is 0.181. The summed E-state index contributed by atoms with van der Waals surface area (Å²) in [5.74, 6) is -3.05. The first kappa shape index (κ1) is 21.1. The Balaban J connectivity index is 1.60. The fourth-order valence-corrected chi connectivity index (χ4v) is 4.11. The van der Waals surface area contributed by atoms with E-state index >= 15 is 0 Å². The third kappa shape index (κ3) is 4.03. The van der Waals surface area contributed by atoms with Gasteiger partial charge in [0.25, 0.3) is 11.7 Å². The summed E-state index contributed by atoms with van der Waals surface area (Å²) in [6, 6.07) is 23.9. The number of para-hydroxylation sites is 2. The molecule has 0 aromatic heterocycles. The van der Waals surface area contributed by atoms with Crippen LogP contribution in [0, 0.1) is 0 Å². The van der Waals surface area contributed by atoms with Crippen LogP contribution < -0.4 is 10.4 Å². The molecule has 0 heterocycles. The van der Waals surface area contributed by atoms with Crippen molar-refractivity contribution in [2.45, 2.75) is 18.8 Å². The maximum Gasteiger partial charge on any atom is 0.377 e. The molecule has 1 aliphatic rings. The van der Waals surface area contributed by atoms with E-state index in [9.17, 15) is 14.4 Å². The summed E-state index contributed by atoms with van der Waals surface area (Å²) in [7, 11) is 0. The van der Waals surface area contributed by atoms with Crippen molar-refractivity contribution < 1.29 is 19.5 Å². The third-order valence-electron chi connectivity index (χ3n) is 5.66. The van der Waals surface area contributed by atoms with E-state index in [1.807, 2.05) is 66.7 Å². The van der Waals surface area contributed by atoms with Crippen molar-refractivity contribution in [2.24, 2.45) is 0 Å². The lowest BCUT2D eigenvalue weighted by Gasteiger charge is -2.27. The lowest BCUT2D eigenvalue weighted by Crippen LogP contribution is -2.40. The minimum Gasteiger partial charge on any atom is -0.475 e. The van der Waals surface area contributed by atoms with Crippen LogP contribution in [-0.2, 0) is 16.0 Å². The number of aliphatic carboxylic acids is 1. The van der Waals surface area contributed by atoms with Crippen LogP contribution in [0.1, 0.15) is 33.8 Å². The summed E-state index contributed by atoms with van der Waals surface area (Å²) in [5, 5.41) is 10.8. The molecule has 4 rings (SSSR count). The van der Waals surface area contributed by atoms with Crippen LogP contribution in [-0.4, -0.2) is 22.8 Å². The predicted molar refractivity (Wildman–Crippen MR) is 122 cm³/mol. The average molecular weight is 426 g/mol. The molecule has 1 atom stereocenters. The molecule has 0 spiro atoms. The largest absolute Gasteiger partial charge is 0.475 e. The molecule has 6 heteroatoms. The van der Waals surface area contributed by atoms with Crippen molar-refractivity contribution in [1.29, 1.82) is 0 Å². The van der Waals surface area contributed by atoms with Gasteiger partial charge in [-0.05, 0) is 48.2 Å². The van der Waals surface area contributed by atoms with Crippen LogP contribution in [0.3, 0.4) is 0 Å². The first-order valence-corrected chi connectivity index (χ1v) is 10.3. The first-order valence-electron chi connectivity index (χ1n) is 10.3. The highest BCUT2D eigenvalue weighted by Crippen LogP contribution is 2.39. The number of fused-ring (bicyclic) bond motifs is 1. The molecule has 2 N–H and O–H groups in total. The molecule has 6 nitrogen and oxygen atoms in total. The molecule has 32 heavy (non-hydrogen) atoms. The molecule has 1 amide bonds. The molecule has 1 unspecified atom stereocenters. The second-order valence-electron chi connectivity index (χ2n) is 7.57. The van der Waals surface area contributed by atoms with Gasteiger partial charge in [-0.3, -0.25) is 20.0 Å². The molecule has 0 saturated carbocycles. The summed E-state index contributed by atoms with van der Waals surface area (Å²) in [5.41, 5.74) is 6.54. The fourth-order valence-electron chi connectivity index (χ4n) is 4.11. The van der Waals surface area contributed by atoms with Crippen LogP contribution in [0.4, 0.5) is 11.4 Å². The Kier molecular flexibility index (Phi) is 5.85.